The van der Waals surface area contributed by atoms with E-state index in [1.54, 1.807) is 13.8 Å². The average molecular weight is 229 g/mol. The summed E-state index contributed by atoms with van der Waals surface area (Å²) in [6.45, 7) is 3.57. The smallest absolute Gasteiger partial charge is 0.262 e. The van der Waals surface area contributed by atoms with Crippen LogP contribution in [0.3, 0.4) is 0 Å². The normalized spacial score (nSPS) is 17.8. The van der Waals surface area contributed by atoms with Crippen LogP contribution in [0.4, 0.5) is 0 Å². The van der Waals surface area contributed by atoms with Crippen molar-refractivity contribution < 1.29 is 9.53 Å². The summed E-state index contributed by atoms with van der Waals surface area (Å²) < 4.78 is 5.58. The highest BCUT2D eigenvalue weighted by molar-refractivity contribution is 5.83. The number of ether oxygens (including phenoxy) is 1. The molecule has 1 aliphatic rings. The van der Waals surface area contributed by atoms with Gasteiger partial charge in [-0.15, -0.1) is 6.42 Å². The molecule has 0 aromatic heterocycles. The van der Waals surface area contributed by atoms with Gasteiger partial charge in [0.1, 0.15) is 5.75 Å². The van der Waals surface area contributed by atoms with Gasteiger partial charge in [-0.05, 0) is 25.5 Å². The molecule has 0 aliphatic carbocycles. The van der Waals surface area contributed by atoms with E-state index in [1.165, 1.54) is 0 Å². The second-order valence-electron chi connectivity index (χ2n) is 4.68. The van der Waals surface area contributed by atoms with Crippen molar-refractivity contribution in [3.05, 3.63) is 29.8 Å². The number of hydrogen-bond donors (Lipinski definition) is 1. The molecule has 0 saturated heterocycles. The number of rotatable bonds is 2. The second kappa shape index (κ2) is 4.14. The van der Waals surface area contributed by atoms with Gasteiger partial charge < -0.3 is 10.1 Å². The lowest BCUT2D eigenvalue weighted by Gasteiger charge is -2.21. The summed E-state index contributed by atoms with van der Waals surface area (Å²) in [5.74, 6) is 3.15. The molecule has 0 fully saturated rings. The summed E-state index contributed by atoms with van der Waals surface area (Å²) >= 11 is 0. The van der Waals surface area contributed by atoms with Gasteiger partial charge in [0.15, 0.2) is 6.10 Å². The van der Waals surface area contributed by atoms with Crippen LogP contribution in [-0.2, 0) is 11.2 Å². The van der Waals surface area contributed by atoms with Gasteiger partial charge in [-0.2, -0.15) is 0 Å². The third-order valence-electron chi connectivity index (χ3n) is 2.74. The van der Waals surface area contributed by atoms with Crippen molar-refractivity contribution in [3.63, 3.8) is 0 Å². The van der Waals surface area contributed by atoms with Gasteiger partial charge in [0.2, 0.25) is 0 Å². The third-order valence-corrected chi connectivity index (χ3v) is 2.74. The van der Waals surface area contributed by atoms with E-state index in [1.807, 2.05) is 24.3 Å². The van der Waals surface area contributed by atoms with Gasteiger partial charge in [-0.1, -0.05) is 24.1 Å². The van der Waals surface area contributed by atoms with E-state index in [4.69, 9.17) is 11.2 Å². The molecule has 0 radical (unpaired) electrons. The maximum atomic E-state index is 12.0. The first kappa shape index (κ1) is 11.5. The van der Waals surface area contributed by atoms with Crippen molar-refractivity contribution in [2.24, 2.45) is 0 Å². The number of para-hydroxylation sites is 1. The monoisotopic (exact) mass is 229 g/mol. The lowest BCUT2D eigenvalue weighted by molar-refractivity contribution is -0.128. The Morgan fingerprint density at radius 1 is 1.53 bits per heavy atom. The Bertz CT molecular complexity index is 460. The molecular formula is C14H15NO2. The molecule has 0 spiro atoms. The molecule has 3 nitrogen and oxygen atoms in total. The summed E-state index contributed by atoms with van der Waals surface area (Å²) in [5, 5.41) is 2.78. The van der Waals surface area contributed by atoms with Gasteiger partial charge in [-0.25, -0.2) is 0 Å². The van der Waals surface area contributed by atoms with Gasteiger partial charge in [0.05, 0.1) is 5.54 Å². The largest absolute Gasteiger partial charge is 0.480 e. The fourth-order valence-corrected chi connectivity index (χ4v) is 1.75. The minimum absolute atomic E-state index is 0.163. The van der Waals surface area contributed by atoms with Crippen molar-refractivity contribution in [1.29, 1.82) is 0 Å². The Hall–Kier alpha value is -1.95. The van der Waals surface area contributed by atoms with Crippen LogP contribution < -0.4 is 10.1 Å². The van der Waals surface area contributed by atoms with E-state index < -0.39 is 11.6 Å². The van der Waals surface area contributed by atoms with Crippen LogP contribution in [-0.4, -0.2) is 17.6 Å². The summed E-state index contributed by atoms with van der Waals surface area (Å²) in [4.78, 5) is 12.0. The molecule has 1 atom stereocenters. The molecule has 0 saturated carbocycles. The summed E-state index contributed by atoms with van der Waals surface area (Å²) in [7, 11) is 0. The van der Waals surface area contributed by atoms with Crippen LogP contribution in [0.25, 0.3) is 0 Å². The molecule has 1 heterocycles. The number of hydrogen-bond acceptors (Lipinski definition) is 2. The molecule has 0 bridgehead atoms. The zero-order valence-corrected chi connectivity index (χ0v) is 9.99. The van der Waals surface area contributed by atoms with Crippen LogP contribution in [0.5, 0.6) is 5.75 Å². The van der Waals surface area contributed by atoms with Crippen molar-refractivity contribution in [1.82, 2.24) is 5.32 Å². The standard InChI is InChI=1S/C14H15NO2/c1-4-14(2,3)15-13(16)12-9-10-7-5-6-8-11(10)17-12/h1,5-8,12H,9H2,2-3H3,(H,15,16). The summed E-state index contributed by atoms with van der Waals surface area (Å²) in [6, 6.07) is 7.67. The molecule has 1 amide bonds. The number of carbonyl (C=O) groups is 1. The number of carbonyl (C=O) groups excluding carboxylic acids is 1. The molecule has 1 aliphatic heterocycles. The molecule has 1 unspecified atom stereocenters. The fourth-order valence-electron chi connectivity index (χ4n) is 1.75. The molecule has 1 aromatic rings. The molecule has 1 N–H and O–H groups in total. The Morgan fingerprint density at radius 3 is 2.88 bits per heavy atom. The first-order valence-corrected chi connectivity index (χ1v) is 5.56. The lowest BCUT2D eigenvalue weighted by atomic mass is 10.1. The highest BCUT2D eigenvalue weighted by atomic mass is 16.5. The van der Waals surface area contributed by atoms with Crippen LogP contribution >= 0.6 is 0 Å². The SMILES string of the molecule is C#CC(C)(C)NC(=O)C1Cc2ccccc2O1. The van der Waals surface area contributed by atoms with Gasteiger partial charge in [0, 0.05) is 6.42 Å². The van der Waals surface area contributed by atoms with Crippen molar-refractivity contribution in [2.75, 3.05) is 0 Å². The van der Waals surface area contributed by atoms with Gasteiger partial charge in [-0.3, -0.25) is 4.79 Å². The Morgan fingerprint density at radius 2 is 2.24 bits per heavy atom. The number of nitrogens with one attached hydrogen (secondary N) is 1. The number of terminal acetylenes is 1. The molecule has 1 aromatic carbocycles. The topological polar surface area (TPSA) is 38.3 Å². The van der Waals surface area contributed by atoms with Crippen molar-refractivity contribution in [2.45, 2.75) is 31.9 Å². The first-order valence-electron chi connectivity index (χ1n) is 5.56. The Balaban J connectivity index is 2.04. The van der Waals surface area contributed by atoms with Crippen LogP contribution in [0.1, 0.15) is 19.4 Å². The van der Waals surface area contributed by atoms with Gasteiger partial charge >= 0.3 is 0 Å². The van der Waals surface area contributed by atoms with E-state index in [-0.39, 0.29) is 5.91 Å². The predicted octanol–water partition coefficient (Wildman–Crippen LogP) is 1.52. The van der Waals surface area contributed by atoms with E-state index in [0.717, 1.165) is 11.3 Å². The van der Waals surface area contributed by atoms with Crippen LogP contribution in [0, 0.1) is 12.3 Å². The predicted molar refractivity (Wildman–Crippen MR) is 65.6 cm³/mol. The third kappa shape index (κ3) is 2.42. The molecule has 3 heteroatoms. The summed E-state index contributed by atoms with van der Waals surface area (Å²) in [6.07, 6.45) is 5.46. The fraction of sp³-hybridized carbons (Fsp3) is 0.357. The minimum atomic E-state index is -0.644. The number of amides is 1. The van der Waals surface area contributed by atoms with Gasteiger partial charge in [0.25, 0.3) is 5.91 Å². The van der Waals surface area contributed by atoms with E-state index in [9.17, 15) is 4.79 Å². The van der Waals surface area contributed by atoms with Crippen molar-refractivity contribution in [3.8, 4) is 18.1 Å². The molecule has 2 rings (SSSR count). The molecule has 88 valence electrons. The highest BCUT2D eigenvalue weighted by Gasteiger charge is 2.31. The van der Waals surface area contributed by atoms with E-state index in [0.29, 0.717) is 6.42 Å². The maximum Gasteiger partial charge on any atom is 0.262 e. The van der Waals surface area contributed by atoms with Crippen molar-refractivity contribution >= 4 is 5.91 Å². The molecule has 17 heavy (non-hydrogen) atoms. The summed E-state index contributed by atoms with van der Waals surface area (Å²) in [5.41, 5.74) is 0.418. The highest BCUT2D eigenvalue weighted by Crippen LogP contribution is 2.28. The van der Waals surface area contributed by atoms with E-state index in [2.05, 4.69) is 11.2 Å². The molecular weight excluding hydrogens is 214 g/mol. The number of fused-ring (bicyclic) bond motifs is 1. The second-order valence-corrected chi connectivity index (χ2v) is 4.68. The minimum Gasteiger partial charge on any atom is -0.480 e. The van der Waals surface area contributed by atoms with Crippen LogP contribution in [0.2, 0.25) is 0 Å². The first-order chi connectivity index (χ1) is 8.02. The zero-order chi connectivity index (χ0) is 12.5. The lowest BCUT2D eigenvalue weighted by Crippen LogP contribution is -2.48. The quantitative estimate of drug-likeness (QED) is 0.781. The average Bonchev–Trinajstić information content (AvgIpc) is 2.72. The Labute approximate surface area is 101 Å². The zero-order valence-electron chi connectivity index (χ0n) is 9.99. The van der Waals surface area contributed by atoms with Crippen LogP contribution in [0.15, 0.2) is 24.3 Å². The maximum absolute atomic E-state index is 12.0. The Kier molecular flexibility index (Phi) is 2.81. The number of benzene rings is 1. The van der Waals surface area contributed by atoms with E-state index >= 15 is 0 Å².